The summed E-state index contributed by atoms with van der Waals surface area (Å²) in [7, 11) is 0. The van der Waals surface area contributed by atoms with Crippen LogP contribution in [-0.4, -0.2) is 15.0 Å². The van der Waals surface area contributed by atoms with E-state index in [-0.39, 0.29) is 10.8 Å². The lowest BCUT2D eigenvalue weighted by molar-refractivity contribution is 0.590. The molecule has 0 aliphatic carbocycles. The van der Waals surface area contributed by atoms with Gasteiger partial charge in [0.1, 0.15) is 0 Å². The standard InChI is InChI=1S/C29H30ClN3/c1-28(2,3)22-13-7-19(8-14-22)25-31-26(20-9-15-23(16-10-20)29(4,5)6)33-27(32-25)21-11-17-24(30)18-12-21/h7-18H,1-6H3. The van der Waals surface area contributed by atoms with Crippen molar-refractivity contribution in [2.75, 3.05) is 0 Å². The summed E-state index contributed by atoms with van der Waals surface area (Å²) in [6, 6.07) is 24.6. The molecule has 0 amide bonds. The van der Waals surface area contributed by atoms with Crippen LogP contribution in [0.1, 0.15) is 52.7 Å². The summed E-state index contributed by atoms with van der Waals surface area (Å²) in [5, 5.41) is 0.684. The number of aromatic nitrogens is 3. The zero-order valence-corrected chi connectivity index (χ0v) is 20.9. The van der Waals surface area contributed by atoms with Gasteiger partial charge in [-0.1, -0.05) is 102 Å². The molecule has 168 valence electrons. The minimum absolute atomic E-state index is 0.0893. The molecule has 0 spiro atoms. The monoisotopic (exact) mass is 455 g/mol. The predicted molar refractivity (Wildman–Crippen MR) is 139 cm³/mol. The largest absolute Gasteiger partial charge is 0.208 e. The van der Waals surface area contributed by atoms with Crippen molar-refractivity contribution < 1.29 is 0 Å². The second kappa shape index (κ2) is 8.72. The van der Waals surface area contributed by atoms with E-state index in [4.69, 9.17) is 26.6 Å². The number of nitrogens with zero attached hydrogens (tertiary/aromatic N) is 3. The summed E-state index contributed by atoms with van der Waals surface area (Å²) in [6.45, 7) is 13.3. The van der Waals surface area contributed by atoms with Crippen molar-refractivity contribution in [1.82, 2.24) is 15.0 Å². The highest BCUT2D eigenvalue weighted by Gasteiger charge is 2.17. The zero-order valence-electron chi connectivity index (χ0n) is 20.1. The van der Waals surface area contributed by atoms with Crippen LogP contribution in [0.2, 0.25) is 5.02 Å². The Hall–Kier alpha value is -3.04. The smallest absolute Gasteiger partial charge is 0.164 e. The van der Waals surface area contributed by atoms with Crippen molar-refractivity contribution in [2.24, 2.45) is 0 Å². The first kappa shape index (κ1) is 23.1. The molecule has 4 aromatic rings. The molecule has 0 bridgehead atoms. The van der Waals surface area contributed by atoms with E-state index in [0.29, 0.717) is 22.5 Å². The molecule has 4 rings (SSSR count). The summed E-state index contributed by atoms with van der Waals surface area (Å²) in [6.07, 6.45) is 0. The van der Waals surface area contributed by atoms with Crippen LogP contribution in [0.5, 0.6) is 0 Å². The van der Waals surface area contributed by atoms with Crippen molar-refractivity contribution in [3.05, 3.63) is 88.9 Å². The molecule has 0 aliphatic rings. The molecule has 0 atom stereocenters. The highest BCUT2D eigenvalue weighted by molar-refractivity contribution is 6.30. The van der Waals surface area contributed by atoms with Crippen LogP contribution >= 0.6 is 11.6 Å². The van der Waals surface area contributed by atoms with Gasteiger partial charge in [0, 0.05) is 21.7 Å². The van der Waals surface area contributed by atoms with Gasteiger partial charge >= 0.3 is 0 Å². The first-order chi connectivity index (χ1) is 15.5. The van der Waals surface area contributed by atoms with E-state index >= 15 is 0 Å². The maximum atomic E-state index is 6.10. The molecule has 3 aromatic carbocycles. The van der Waals surface area contributed by atoms with Gasteiger partial charge in [0.25, 0.3) is 0 Å². The summed E-state index contributed by atoms with van der Waals surface area (Å²) in [5.41, 5.74) is 5.56. The van der Waals surface area contributed by atoms with Gasteiger partial charge in [0.2, 0.25) is 0 Å². The molecule has 0 saturated carbocycles. The van der Waals surface area contributed by atoms with E-state index in [1.807, 2.05) is 24.3 Å². The average molecular weight is 456 g/mol. The van der Waals surface area contributed by atoms with E-state index in [0.717, 1.165) is 16.7 Å². The van der Waals surface area contributed by atoms with E-state index in [1.54, 1.807) is 0 Å². The average Bonchev–Trinajstić information content (AvgIpc) is 2.78. The fraction of sp³-hybridized carbons (Fsp3) is 0.276. The number of halogens is 1. The second-order valence-corrected chi connectivity index (χ2v) is 10.9. The van der Waals surface area contributed by atoms with Crippen molar-refractivity contribution in [3.63, 3.8) is 0 Å². The molecular weight excluding hydrogens is 426 g/mol. The third kappa shape index (κ3) is 5.31. The van der Waals surface area contributed by atoms with Crippen molar-refractivity contribution in [2.45, 2.75) is 52.4 Å². The molecule has 1 aromatic heterocycles. The Bertz CT molecular complexity index is 1170. The van der Waals surface area contributed by atoms with Crippen LogP contribution in [0, 0.1) is 0 Å². The van der Waals surface area contributed by atoms with Crippen LogP contribution in [0.3, 0.4) is 0 Å². The molecule has 3 nitrogen and oxygen atoms in total. The molecule has 0 aliphatic heterocycles. The van der Waals surface area contributed by atoms with Crippen molar-refractivity contribution in [3.8, 4) is 34.2 Å². The van der Waals surface area contributed by atoms with E-state index < -0.39 is 0 Å². The van der Waals surface area contributed by atoms with Crippen molar-refractivity contribution >= 4 is 11.6 Å². The zero-order chi connectivity index (χ0) is 23.8. The molecule has 0 unspecified atom stereocenters. The van der Waals surface area contributed by atoms with Gasteiger partial charge in [-0.25, -0.2) is 15.0 Å². The third-order valence-corrected chi connectivity index (χ3v) is 6.01. The molecule has 0 radical (unpaired) electrons. The fourth-order valence-electron chi connectivity index (χ4n) is 3.60. The summed E-state index contributed by atoms with van der Waals surface area (Å²) in [4.78, 5) is 14.5. The van der Waals surface area contributed by atoms with Gasteiger partial charge in [0.05, 0.1) is 0 Å². The Labute approximate surface area is 201 Å². The predicted octanol–water partition coefficient (Wildman–Crippen LogP) is 8.12. The summed E-state index contributed by atoms with van der Waals surface area (Å²) in [5.74, 6) is 1.95. The fourth-order valence-corrected chi connectivity index (χ4v) is 3.73. The van der Waals surface area contributed by atoms with E-state index in [1.165, 1.54) is 11.1 Å². The molecule has 0 saturated heterocycles. The van der Waals surface area contributed by atoms with Crippen LogP contribution in [-0.2, 0) is 10.8 Å². The maximum Gasteiger partial charge on any atom is 0.164 e. The highest BCUT2D eigenvalue weighted by atomic mass is 35.5. The molecule has 0 fully saturated rings. The molecule has 33 heavy (non-hydrogen) atoms. The summed E-state index contributed by atoms with van der Waals surface area (Å²) < 4.78 is 0. The minimum atomic E-state index is 0.0893. The van der Waals surface area contributed by atoms with Crippen molar-refractivity contribution in [1.29, 1.82) is 0 Å². The van der Waals surface area contributed by atoms with Gasteiger partial charge < -0.3 is 0 Å². The SMILES string of the molecule is CC(C)(C)c1ccc(-c2nc(-c3ccc(Cl)cc3)nc(-c3ccc(C(C)(C)C)cc3)n2)cc1. The van der Waals surface area contributed by atoms with Crippen LogP contribution in [0.15, 0.2) is 72.8 Å². The van der Waals surface area contributed by atoms with Crippen LogP contribution in [0.4, 0.5) is 0 Å². The summed E-state index contributed by atoms with van der Waals surface area (Å²) >= 11 is 6.10. The van der Waals surface area contributed by atoms with Gasteiger partial charge in [-0.2, -0.15) is 0 Å². The van der Waals surface area contributed by atoms with E-state index in [9.17, 15) is 0 Å². The number of hydrogen-bond donors (Lipinski definition) is 0. The maximum absolute atomic E-state index is 6.10. The first-order valence-electron chi connectivity index (χ1n) is 11.2. The number of rotatable bonds is 3. The number of hydrogen-bond acceptors (Lipinski definition) is 3. The van der Waals surface area contributed by atoms with Gasteiger partial charge in [-0.05, 0) is 46.2 Å². The quantitative estimate of drug-likeness (QED) is 0.313. The lowest BCUT2D eigenvalue weighted by Gasteiger charge is -2.19. The topological polar surface area (TPSA) is 38.7 Å². The molecule has 1 heterocycles. The van der Waals surface area contributed by atoms with E-state index in [2.05, 4.69) is 90.1 Å². The molecule has 0 N–H and O–H groups in total. The Morgan fingerprint density at radius 3 is 1.00 bits per heavy atom. The Morgan fingerprint density at radius 2 is 0.727 bits per heavy atom. The molecule has 4 heteroatoms. The minimum Gasteiger partial charge on any atom is -0.208 e. The highest BCUT2D eigenvalue weighted by Crippen LogP contribution is 2.29. The van der Waals surface area contributed by atoms with Gasteiger partial charge in [-0.15, -0.1) is 0 Å². The number of benzene rings is 3. The van der Waals surface area contributed by atoms with Crippen LogP contribution < -0.4 is 0 Å². The first-order valence-corrected chi connectivity index (χ1v) is 11.6. The second-order valence-electron chi connectivity index (χ2n) is 10.5. The van der Waals surface area contributed by atoms with Gasteiger partial charge in [0.15, 0.2) is 17.5 Å². The third-order valence-electron chi connectivity index (χ3n) is 5.76. The Morgan fingerprint density at radius 1 is 0.455 bits per heavy atom. The van der Waals surface area contributed by atoms with Crippen LogP contribution in [0.25, 0.3) is 34.2 Å². The molecular formula is C29H30ClN3. The van der Waals surface area contributed by atoms with Gasteiger partial charge in [-0.3, -0.25) is 0 Å². The normalized spacial score (nSPS) is 12.1. The Kier molecular flexibility index (Phi) is 6.11. The Balaban J connectivity index is 1.83. The lowest BCUT2D eigenvalue weighted by Crippen LogP contribution is -2.10. The lowest BCUT2D eigenvalue weighted by atomic mass is 9.86.